The molecule has 2 amide bonds. The van der Waals surface area contributed by atoms with Crippen molar-refractivity contribution in [2.45, 2.75) is 90.4 Å². The van der Waals surface area contributed by atoms with E-state index >= 15 is 0 Å². The number of carbonyl (C=O) groups is 2. The van der Waals surface area contributed by atoms with Crippen molar-refractivity contribution in [1.82, 2.24) is 10.2 Å². The van der Waals surface area contributed by atoms with E-state index in [1.807, 2.05) is 44.2 Å². The third kappa shape index (κ3) is 5.36. The Morgan fingerprint density at radius 1 is 1.26 bits per heavy atom. The number of carbonyl (C=O) groups excluding carboxylic acids is 2. The van der Waals surface area contributed by atoms with Crippen LogP contribution < -0.4 is 5.32 Å². The molecule has 10 heteroatoms. The van der Waals surface area contributed by atoms with E-state index in [2.05, 4.69) is 26.1 Å². The molecule has 228 valence electrons. The zero-order valence-corrected chi connectivity index (χ0v) is 25.8. The second-order valence-corrected chi connectivity index (χ2v) is 13.9. The molecule has 5 fully saturated rings. The molecule has 3 aliphatic carbocycles. The number of ether oxygens (including phenoxy) is 1. The summed E-state index contributed by atoms with van der Waals surface area (Å²) in [6.07, 6.45) is 6.82. The second kappa shape index (κ2) is 11.3. The van der Waals surface area contributed by atoms with Gasteiger partial charge in [0.2, 0.25) is 0 Å². The Labute approximate surface area is 254 Å². The molecule has 9 nitrogen and oxygen atoms in total. The quantitative estimate of drug-likeness (QED) is 0.249. The minimum Gasteiger partial charge on any atom is -0.464 e. The summed E-state index contributed by atoms with van der Waals surface area (Å²) < 4.78 is 24.8. The largest absolute Gasteiger partial charge is 0.482 e. The van der Waals surface area contributed by atoms with Gasteiger partial charge in [-0.15, -0.1) is 0 Å². The Hall–Kier alpha value is -3.29. The fraction of sp³-hybridized carbons (Fsp3) is 0.606. The van der Waals surface area contributed by atoms with E-state index in [-0.39, 0.29) is 41.6 Å². The van der Waals surface area contributed by atoms with E-state index in [1.165, 1.54) is 0 Å². The molecule has 7 rings (SSSR count). The van der Waals surface area contributed by atoms with Crippen molar-refractivity contribution >= 4 is 30.1 Å². The third-order valence-corrected chi connectivity index (χ3v) is 10.5. The van der Waals surface area contributed by atoms with Crippen LogP contribution in [0.4, 0.5) is 4.79 Å². The molecule has 6 atom stereocenters. The second-order valence-electron chi connectivity index (χ2n) is 13.9. The van der Waals surface area contributed by atoms with Crippen LogP contribution in [0.25, 0.3) is 11.0 Å². The van der Waals surface area contributed by atoms with Crippen molar-refractivity contribution in [3.05, 3.63) is 47.7 Å². The average Bonchev–Trinajstić information content (AvgIpc) is 3.70. The number of furan rings is 1. The minimum atomic E-state index is -0.643. The normalized spacial score (nSPS) is 30.1. The molecule has 1 aromatic heterocycles. The number of amides is 2. The number of nitriles is 1. The van der Waals surface area contributed by atoms with Crippen LogP contribution >= 0.6 is 0 Å². The van der Waals surface area contributed by atoms with Gasteiger partial charge >= 0.3 is 13.2 Å². The number of rotatable bonds is 8. The van der Waals surface area contributed by atoms with E-state index in [0.717, 1.165) is 35.8 Å². The van der Waals surface area contributed by atoms with Gasteiger partial charge in [0.15, 0.2) is 0 Å². The van der Waals surface area contributed by atoms with Gasteiger partial charge in [0.1, 0.15) is 23.8 Å². The van der Waals surface area contributed by atoms with Gasteiger partial charge in [-0.1, -0.05) is 52.0 Å². The van der Waals surface area contributed by atoms with Crippen molar-refractivity contribution in [1.29, 1.82) is 5.26 Å². The molecule has 0 radical (unpaired) electrons. The molecule has 5 aliphatic rings. The standard InChI is InChI=1S/C33H42BN3O6/c1-20(2)13-21(17-35)30(38)37-12-8-9-24(37)19-41-31(39)36-29(14-22-18-40-26-11-7-6-10-25(22)26)34-42-28-16-23-15-27(32(23,3)4)33(28,5)43-34/h6-7,10-11,13,18,20,23-24,27-29H,8-9,12,14-16,19H2,1-5H3,(H,36,39)/t23-,24+,27-,28+,29?,33-/m0/s1. The number of allylic oxidation sites excluding steroid dienone is 1. The summed E-state index contributed by atoms with van der Waals surface area (Å²) in [6, 6.07) is 9.58. The highest BCUT2D eigenvalue weighted by Gasteiger charge is 2.68. The number of hydrogen-bond acceptors (Lipinski definition) is 7. The Bertz CT molecular complexity index is 1460. The summed E-state index contributed by atoms with van der Waals surface area (Å²) in [5.74, 6) is 0.258. The van der Waals surface area contributed by atoms with E-state index in [9.17, 15) is 14.9 Å². The van der Waals surface area contributed by atoms with Crippen molar-refractivity contribution in [3.63, 3.8) is 0 Å². The number of benzene rings is 1. The minimum absolute atomic E-state index is 0.0260. The van der Waals surface area contributed by atoms with Crippen LogP contribution in [-0.4, -0.2) is 60.9 Å². The van der Waals surface area contributed by atoms with Gasteiger partial charge in [-0.25, -0.2) is 4.79 Å². The molecule has 0 spiro atoms. The fourth-order valence-corrected chi connectivity index (χ4v) is 8.00. The molecule has 2 bridgehead atoms. The van der Waals surface area contributed by atoms with Crippen LogP contribution in [0.15, 0.2) is 46.6 Å². The highest BCUT2D eigenvalue weighted by atomic mass is 16.7. The molecule has 2 aromatic rings. The Balaban J connectivity index is 1.16. The third-order valence-electron chi connectivity index (χ3n) is 10.5. The maximum Gasteiger partial charge on any atom is 0.482 e. The summed E-state index contributed by atoms with van der Waals surface area (Å²) in [5, 5.41) is 13.6. The lowest BCUT2D eigenvalue weighted by molar-refractivity contribution is -0.199. The molecule has 3 heterocycles. The van der Waals surface area contributed by atoms with Gasteiger partial charge in [-0.2, -0.15) is 5.26 Å². The zero-order chi connectivity index (χ0) is 30.5. The topological polar surface area (TPSA) is 114 Å². The summed E-state index contributed by atoms with van der Waals surface area (Å²) in [6.45, 7) is 11.2. The number of likely N-dealkylation sites (tertiary alicyclic amines) is 1. The van der Waals surface area contributed by atoms with Crippen molar-refractivity contribution < 1.29 is 28.1 Å². The van der Waals surface area contributed by atoms with Gasteiger partial charge < -0.3 is 28.7 Å². The number of nitrogens with one attached hydrogen (secondary N) is 1. The van der Waals surface area contributed by atoms with Crippen molar-refractivity contribution in [2.75, 3.05) is 13.2 Å². The molecular formula is C33H42BN3O6. The Morgan fingerprint density at radius 3 is 2.79 bits per heavy atom. The van der Waals surface area contributed by atoms with Crippen LogP contribution in [0.3, 0.4) is 0 Å². The molecule has 2 aliphatic heterocycles. The summed E-state index contributed by atoms with van der Waals surface area (Å²) >= 11 is 0. The highest BCUT2D eigenvalue weighted by molar-refractivity contribution is 6.48. The highest BCUT2D eigenvalue weighted by Crippen LogP contribution is 2.65. The molecule has 1 unspecified atom stereocenters. The molecular weight excluding hydrogens is 545 g/mol. The summed E-state index contributed by atoms with van der Waals surface area (Å²) in [7, 11) is -0.643. The monoisotopic (exact) mass is 587 g/mol. The van der Waals surface area contributed by atoms with Crippen LogP contribution in [0.5, 0.6) is 0 Å². The maximum atomic E-state index is 13.3. The number of nitrogens with zero attached hydrogens (tertiary/aromatic N) is 2. The summed E-state index contributed by atoms with van der Waals surface area (Å²) in [4.78, 5) is 28.0. The van der Waals surface area contributed by atoms with Gasteiger partial charge in [-0.3, -0.25) is 4.79 Å². The molecule has 3 saturated carbocycles. The number of alkyl carbamates (subject to hydrolysis) is 1. The smallest absolute Gasteiger partial charge is 0.464 e. The van der Waals surface area contributed by atoms with E-state index in [4.69, 9.17) is 18.5 Å². The van der Waals surface area contributed by atoms with Gasteiger partial charge in [0, 0.05) is 11.9 Å². The van der Waals surface area contributed by atoms with Crippen LogP contribution in [-0.2, 0) is 25.3 Å². The Kier molecular flexibility index (Phi) is 7.84. The zero-order valence-electron chi connectivity index (χ0n) is 25.8. The predicted octanol–water partition coefficient (Wildman–Crippen LogP) is 5.43. The van der Waals surface area contributed by atoms with Gasteiger partial charge in [0.05, 0.1) is 30.0 Å². The Morgan fingerprint density at radius 2 is 2.05 bits per heavy atom. The first-order valence-electron chi connectivity index (χ1n) is 15.7. The van der Waals surface area contributed by atoms with Gasteiger partial charge in [0.25, 0.3) is 5.91 Å². The molecule has 43 heavy (non-hydrogen) atoms. The molecule has 1 N–H and O–H groups in total. The SMILES string of the molecule is CC(C)C=C(C#N)C(=O)N1CCC[C@@H]1COC(=O)NC(Cc1coc2ccccc12)B1O[C@@H]2C[C@@H]3C[C@@H](C3(C)C)[C@]2(C)O1. The van der Waals surface area contributed by atoms with E-state index in [0.29, 0.717) is 31.2 Å². The van der Waals surface area contributed by atoms with E-state index in [1.54, 1.807) is 17.2 Å². The lowest BCUT2D eigenvalue weighted by Gasteiger charge is -2.64. The molecule has 1 aromatic carbocycles. The van der Waals surface area contributed by atoms with Crippen LogP contribution in [0, 0.1) is 34.5 Å². The number of para-hydroxylation sites is 1. The van der Waals surface area contributed by atoms with Crippen molar-refractivity contribution in [3.8, 4) is 6.07 Å². The van der Waals surface area contributed by atoms with Crippen LogP contribution in [0.1, 0.15) is 65.9 Å². The van der Waals surface area contributed by atoms with E-state index < -0.39 is 24.8 Å². The van der Waals surface area contributed by atoms with Crippen LogP contribution in [0.2, 0.25) is 0 Å². The predicted molar refractivity (Wildman–Crippen MR) is 162 cm³/mol. The first-order chi connectivity index (χ1) is 20.5. The fourth-order valence-electron chi connectivity index (χ4n) is 8.00. The first kappa shape index (κ1) is 29.8. The summed E-state index contributed by atoms with van der Waals surface area (Å²) in [5.41, 5.74) is 1.64. The lowest BCUT2D eigenvalue weighted by Crippen LogP contribution is -2.65. The number of hydrogen-bond donors (Lipinski definition) is 1. The van der Waals surface area contributed by atoms with Gasteiger partial charge in [-0.05, 0) is 73.8 Å². The first-order valence-corrected chi connectivity index (χ1v) is 15.7. The lowest BCUT2D eigenvalue weighted by atomic mass is 9.43. The molecule has 2 saturated heterocycles. The number of fused-ring (bicyclic) bond motifs is 1. The average molecular weight is 588 g/mol. The maximum absolute atomic E-state index is 13.3. The van der Waals surface area contributed by atoms with Crippen molar-refractivity contribution in [2.24, 2.45) is 23.2 Å².